The topological polar surface area (TPSA) is 52.7 Å². The number of hydrogen-bond donors (Lipinski definition) is 1. The Morgan fingerprint density at radius 3 is 2.31 bits per heavy atom. The van der Waals surface area contributed by atoms with Gasteiger partial charge in [-0.05, 0) is 43.9 Å². The SMILES string of the molecule is Cc1ccc(C(=O)N2CCN(C(C(=O)NCc3ccccc3F)C3CCCC3)CC2)cc1. The van der Waals surface area contributed by atoms with Crippen molar-refractivity contribution in [1.29, 1.82) is 0 Å². The summed E-state index contributed by atoms with van der Waals surface area (Å²) in [5.41, 5.74) is 2.34. The summed E-state index contributed by atoms with van der Waals surface area (Å²) < 4.78 is 14.0. The van der Waals surface area contributed by atoms with E-state index in [2.05, 4.69) is 10.2 Å². The number of halogens is 1. The summed E-state index contributed by atoms with van der Waals surface area (Å²) in [6, 6.07) is 14.0. The van der Waals surface area contributed by atoms with Gasteiger partial charge in [0.05, 0.1) is 6.04 Å². The lowest BCUT2D eigenvalue weighted by Crippen LogP contribution is -2.57. The molecule has 170 valence electrons. The average Bonchev–Trinajstić information content (AvgIpc) is 3.33. The number of hydrogen-bond acceptors (Lipinski definition) is 3. The Hall–Kier alpha value is -2.73. The number of amides is 2. The molecule has 1 N–H and O–H groups in total. The van der Waals surface area contributed by atoms with Gasteiger partial charge in [0.1, 0.15) is 5.82 Å². The standard InChI is InChI=1S/C26H32FN3O2/c1-19-10-12-21(13-11-19)26(32)30-16-14-29(15-17-30)24(20-6-2-3-7-20)25(31)28-18-22-8-4-5-9-23(22)27/h4-5,8-13,20,24H,2-3,6-7,14-18H2,1H3,(H,28,31). The number of aryl methyl sites for hydroxylation is 1. The summed E-state index contributed by atoms with van der Waals surface area (Å²) in [5.74, 6) is 0.0351. The van der Waals surface area contributed by atoms with Crippen LogP contribution in [0.25, 0.3) is 0 Å². The van der Waals surface area contributed by atoms with Crippen LogP contribution in [0.1, 0.15) is 47.2 Å². The first-order chi connectivity index (χ1) is 15.5. The van der Waals surface area contributed by atoms with E-state index in [-0.39, 0.29) is 30.2 Å². The molecule has 1 unspecified atom stereocenters. The van der Waals surface area contributed by atoms with E-state index in [0.717, 1.165) is 31.2 Å². The van der Waals surface area contributed by atoms with Crippen molar-refractivity contribution in [1.82, 2.24) is 15.1 Å². The Bertz CT molecular complexity index is 932. The summed E-state index contributed by atoms with van der Waals surface area (Å²) >= 11 is 0. The van der Waals surface area contributed by atoms with E-state index in [0.29, 0.717) is 43.2 Å². The van der Waals surface area contributed by atoms with Crippen LogP contribution in [0.4, 0.5) is 4.39 Å². The fourth-order valence-corrected chi connectivity index (χ4v) is 4.96. The summed E-state index contributed by atoms with van der Waals surface area (Å²) in [4.78, 5) is 30.2. The van der Waals surface area contributed by atoms with Gasteiger partial charge in [-0.1, -0.05) is 48.7 Å². The fraction of sp³-hybridized carbons (Fsp3) is 0.462. The van der Waals surface area contributed by atoms with Crippen LogP contribution < -0.4 is 5.32 Å². The van der Waals surface area contributed by atoms with Crippen molar-refractivity contribution in [3.63, 3.8) is 0 Å². The summed E-state index contributed by atoms with van der Waals surface area (Å²) in [6.07, 6.45) is 4.38. The average molecular weight is 438 g/mol. The van der Waals surface area contributed by atoms with Gasteiger partial charge in [-0.2, -0.15) is 0 Å². The smallest absolute Gasteiger partial charge is 0.253 e. The molecule has 5 nitrogen and oxygen atoms in total. The third-order valence-electron chi connectivity index (χ3n) is 6.82. The van der Waals surface area contributed by atoms with E-state index in [9.17, 15) is 14.0 Å². The Morgan fingerprint density at radius 2 is 1.66 bits per heavy atom. The highest BCUT2D eigenvalue weighted by Crippen LogP contribution is 2.31. The van der Waals surface area contributed by atoms with Crippen LogP contribution in [0.2, 0.25) is 0 Å². The van der Waals surface area contributed by atoms with Crippen molar-refractivity contribution in [2.24, 2.45) is 5.92 Å². The van der Waals surface area contributed by atoms with Crippen LogP contribution >= 0.6 is 0 Å². The second-order valence-corrected chi connectivity index (χ2v) is 8.99. The van der Waals surface area contributed by atoms with E-state index in [1.54, 1.807) is 18.2 Å². The van der Waals surface area contributed by atoms with Crippen LogP contribution in [0, 0.1) is 18.7 Å². The zero-order valence-electron chi connectivity index (χ0n) is 18.7. The second kappa shape index (κ2) is 10.3. The lowest BCUT2D eigenvalue weighted by molar-refractivity contribution is -0.129. The van der Waals surface area contributed by atoms with Crippen molar-refractivity contribution in [3.05, 3.63) is 71.0 Å². The molecule has 1 aliphatic heterocycles. The predicted molar refractivity (Wildman–Crippen MR) is 123 cm³/mol. The summed E-state index contributed by atoms with van der Waals surface area (Å²) in [6.45, 7) is 4.76. The maximum absolute atomic E-state index is 14.0. The highest BCUT2D eigenvalue weighted by Gasteiger charge is 2.37. The van der Waals surface area contributed by atoms with Crippen molar-refractivity contribution in [3.8, 4) is 0 Å². The molecule has 6 heteroatoms. The molecule has 2 aromatic rings. The molecule has 0 radical (unpaired) electrons. The number of benzene rings is 2. The first kappa shape index (κ1) is 22.5. The Morgan fingerprint density at radius 1 is 1.00 bits per heavy atom. The van der Waals surface area contributed by atoms with Gasteiger partial charge < -0.3 is 10.2 Å². The summed E-state index contributed by atoms with van der Waals surface area (Å²) in [5, 5.41) is 2.98. The third-order valence-corrected chi connectivity index (χ3v) is 6.82. The van der Waals surface area contributed by atoms with Gasteiger partial charge in [0.15, 0.2) is 0 Å². The minimum Gasteiger partial charge on any atom is -0.351 e. The van der Waals surface area contributed by atoms with E-state index in [1.165, 1.54) is 6.07 Å². The number of carbonyl (C=O) groups excluding carboxylic acids is 2. The Kier molecular flexibility index (Phi) is 7.20. The Balaban J connectivity index is 1.39. The molecule has 4 rings (SSSR count). The highest BCUT2D eigenvalue weighted by atomic mass is 19.1. The van der Waals surface area contributed by atoms with E-state index in [4.69, 9.17) is 0 Å². The number of rotatable bonds is 6. The molecule has 0 aromatic heterocycles. The third kappa shape index (κ3) is 5.18. The predicted octanol–water partition coefficient (Wildman–Crippen LogP) is 3.77. The number of carbonyl (C=O) groups is 2. The maximum Gasteiger partial charge on any atom is 0.253 e. The van der Waals surface area contributed by atoms with Crippen LogP contribution in [0.15, 0.2) is 48.5 Å². The molecule has 1 saturated carbocycles. The van der Waals surface area contributed by atoms with Gasteiger partial charge in [0, 0.05) is 43.9 Å². The van der Waals surface area contributed by atoms with Gasteiger partial charge >= 0.3 is 0 Å². The molecule has 0 spiro atoms. The molecule has 1 saturated heterocycles. The molecule has 32 heavy (non-hydrogen) atoms. The number of nitrogens with zero attached hydrogens (tertiary/aromatic N) is 2. The van der Waals surface area contributed by atoms with E-state index in [1.807, 2.05) is 36.1 Å². The second-order valence-electron chi connectivity index (χ2n) is 8.99. The van der Waals surface area contributed by atoms with Crippen LogP contribution in [0.3, 0.4) is 0 Å². The van der Waals surface area contributed by atoms with Crippen molar-refractivity contribution < 1.29 is 14.0 Å². The fourth-order valence-electron chi connectivity index (χ4n) is 4.96. The van der Waals surface area contributed by atoms with Crippen LogP contribution in [-0.4, -0.2) is 53.8 Å². The lowest BCUT2D eigenvalue weighted by atomic mass is 9.94. The van der Waals surface area contributed by atoms with Crippen LogP contribution in [-0.2, 0) is 11.3 Å². The van der Waals surface area contributed by atoms with Gasteiger partial charge in [-0.15, -0.1) is 0 Å². The molecule has 1 heterocycles. The minimum atomic E-state index is -0.298. The quantitative estimate of drug-likeness (QED) is 0.749. The van der Waals surface area contributed by atoms with Gasteiger partial charge in [0.2, 0.25) is 5.91 Å². The van der Waals surface area contributed by atoms with Crippen molar-refractivity contribution >= 4 is 11.8 Å². The van der Waals surface area contributed by atoms with Gasteiger partial charge in [0.25, 0.3) is 5.91 Å². The molecule has 2 aromatic carbocycles. The molecule has 1 aliphatic carbocycles. The summed E-state index contributed by atoms with van der Waals surface area (Å²) in [7, 11) is 0. The minimum absolute atomic E-state index is 0.0292. The first-order valence-electron chi connectivity index (χ1n) is 11.6. The highest BCUT2D eigenvalue weighted by molar-refractivity contribution is 5.94. The van der Waals surface area contributed by atoms with Gasteiger partial charge in [-0.25, -0.2) is 4.39 Å². The molecule has 1 atom stereocenters. The first-order valence-corrected chi connectivity index (χ1v) is 11.6. The van der Waals surface area contributed by atoms with Crippen molar-refractivity contribution in [2.45, 2.75) is 45.2 Å². The van der Waals surface area contributed by atoms with E-state index >= 15 is 0 Å². The van der Waals surface area contributed by atoms with Gasteiger partial charge in [-0.3, -0.25) is 14.5 Å². The molecule has 2 amide bonds. The maximum atomic E-state index is 14.0. The molecular formula is C26H32FN3O2. The lowest BCUT2D eigenvalue weighted by Gasteiger charge is -2.40. The Labute approximate surface area is 189 Å². The zero-order valence-corrected chi connectivity index (χ0v) is 18.7. The monoisotopic (exact) mass is 437 g/mol. The molecule has 2 fully saturated rings. The zero-order chi connectivity index (χ0) is 22.5. The van der Waals surface area contributed by atoms with E-state index < -0.39 is 0 Å². The largest absolute Gasteiger partial charge is 0.351 e. The number of piperazine rings is 1. The molecular weight excluding hydrogens is 405 g/mol. The molecule has 0 bridgehead atoms. The normalized spacial score (nSPS) is 18.5. The van der Waals surface area contributed by atoms with Crippen LogP contribution in [0.5, 0.6) is 0 Å². The molecule has 2 aliphatic rings. The van der Waals surface area contributed by atoms with Crippen molar-refractivity contribution in [2.75, 3.05) is 26.2 Å². The number of nitrogens with one attached hydrogen (secondary N) is 1.